The average Bonchev–Trinajstić information content (AvgIpc) is 3.38. The van der Waals surface area contributed by atoms with E-state index >= 15 is 0 Å². The van der Waals surface area contributed by atoms with Crippen molar-refractivity contribution in [2.45, 2.75) is 6.92 Å². The van der Waals surface area contributed by atoms with E-state index in [0.717, 1.165) is 11.3 Å². The van der Waals surface area contributed by atoms with Gasteiger partial charge in [0.2, 0.25) is 5.89 Å². The van der Waals surface area contributed by atoms with Crippen LogP contribution in [-0.2, 0) is 0 Å². The number of nitrogens with one attached hydrogen (secondary N) is 2. The van der Waals surface area contributed by atoms with Gasteiger partial charge in [0.25, 0.3) is 5.91 Å². The minimum Gasteiger partial charge on any atom is -0.494 e. The second-order valence-corrected chi connectivity index (χ2v) is 6.45. The molecule has 0 bridgehead atoms. The second kappa shape index (κ2) is 8.15. The van der Waals surface area contributed by atoms with Gasteiger partial charge in [0.05, 0.1) is 12.9 Å². The van der Waals surface area contributed by atoms with Crippen LogP contribution in [0.25, 0.3) is 22.6 Å². The fourth-order valence-corrected chi connectivity index (χ4v) is 2.93. The SMILES string of the molecule is CCOc1ccc(-c2nc3cc(NC(=S)NC(=O)c4ccco4)ccc3o2)cc1. The van der Waals surface area contributed by atoms with Crippen molar-refractivity contribution in [1.82, 2.24) is 10.3 Å². The maximum Gasteiger partial charge on any atom is 0.293 e. The van der Waals surface area contributed by atoms with Crippen LogP contribution in [0.15, 0.2) is 69.7 Å². The van der Waals surface area contributed by atoms with Crippen LogP contribution in [0.3, 0.4) is 0 Å². The number of carbonyl (C=O) groups is 1. The Hall–Kier alpha value is -3.65. The molecular weight excluding hydrogens is 390 g/mol. The van der Waals surface area contributed by atoms with E-state index in [1.54, 1.807) is 30.3 Å². The molecule has 0 fully saturated rings. The zero-order chi connectivity index (χ0) is 20.2. The fourth-order valence-electron chi connectivity index (χ4n) is 2.72. The molecule has 2 N–H and O–H groups in total. The first-order valence-electron chi connectivity index (χ1n) is 8.92. The number of hydrogen-bond acceptors (Lipinski definition) is 6. The molecule has 0 aliphatic rings. The van der Waals surface area contributed by atoms with Crippen LogP contribution in [0.4, 0.5) is 5.69 Å². The molecule has 29 heavy (non-hydrogen) atoms. The van der Waals surface area contributed by atoms with Crippen LogP contribution in [0.1, 0.15) is 17.5 Å². The maximum absolute atomic E-state index is 12.0. The normalized spacial score (nSPS) is 10.7. The molecule has 0 aliphatic heterocycles. The number of nitrogens with zero attached hydrogens (tertiary/aromatic N) is 1. The van der Waals surface area contributed by atoms with Gasteiger partial charge in [-0.25, -0.2) is 4.98 Å². The first-order valence-corrected chi connectivity index (χ1v) is 9.33. The van der Waals surface area contributed by atoms with Crippen LogP contribution in [0.2, 0.25) is 0 Å². The largest absolute Gasteiger partial charge is 0.494 e. The number of hydrogen-bond donors (Lipinski definition) is 2. The average molecular weight is 407 g/mol. The molecule has 2 heterocycles. The summed E-state index contributed by atoms with van der Waals surface area (Å²) < 4.78 is 16.3. The van der Waals surface area contributed by atoms with Crippen molar-refractivity contribution in [3.05, 3.63) is 66.6 Å². The van der Waals surface area contributed by atoms with Gasteiger partial charge in [0.1, 0.15) is 11.3 Å². The van der Waals surface area contributed by atoms with Gasteiger partial charge in [0, 0.05) is 11.3 Å². The van der Waals surface area contributed by atoms with Crippen molar-refractivity contribution in [3.8, 4) is 17.2 Å². The first-order chi connectivity index (χ1) is 14.1. The van der Waals surface area contributed by atoms with Gasteiger partial charge in [-0.1, -0.05) is 0 Å². The van der Waals surface area contributed by atoms with Crippen LogP contribution < -0.4 is 15.4 Å². The van der Waals surface area contributed by atoms with Gasteiger partial charge < -0.3 is 18.9 Å². The molecule has 4 rings (SSSR count). The maximum atomic E-state index is 12.0. The number of amides is 1. The summed E-state index contributed by atoms with van der Waals surface area (Å²) in [6.07, 6.45) is 1.42. The molecule has 2 aromatic heterocycles. The summed E-state index contributed by atoms with van der Waals surface area (Å²) in [6.45, 7) is 2.55. The Bertz CT molecular complexity index is 1150. The number of furan rings is 1. The number of benzene rings is 2. The third kappa shape index (κ3) is 4.27. The summed E-state index contributed by atoms with van der Waals surface area (Å²) in [5, 5.41) is 5.67. The number of oxazole rings is 1. The van der Waals surface area contributed by atoms with Gasteiger partial charge >= 0.3 is 0 Å². The number of aromatic nitrogens is 1. The van der Waals surface area contributed by atoms with E-state index in [9.17, 15) is 4.79 Å². The quantitative estimate of drug-likeness (QED) is 0.467. The lowest BCUT2D eigenvalue weighted by atomic mass is 10.2. The van der Waals surface area contributed by atoms with Crippen LogP contribution in [-0.4, -0.2) is 22.6 Å². The first kappa shape index (κ1) is 18.7. The zero-order valence-corrected chi connectivity index (χ0v) is 16.3. The van der Waals surface area contributed by atoms with E-state index in [-0.39, 0.29) is 10.9 Å². The molecule has 0 atom stereocenters. The predicted molar refractivity (Wildman–Crippen MR) is 113 cm³/mol. The van der Waals surface area contributed by atoms with Crippen molar-refractivity contribution in [2.24, 2.45) is 0 Å². The summed E-state index contributed by atoms with van der Waals surface area (Å²) in [7, 11) is 0. The lowest BCUT2D eigenvalue weighted by Crippen LogP contribution is -2.33. The number of thiocarbonyl (C=S) groups is 1. The van der Waals surface area contributed by atoms with Gasteiger partial charge in [0.15, 0.2) is 16.5 Å². The van der Waals surface area contributed by atoms with Crippen LogP contribution in [0.5, 0.6) is 5.75 Å². The highest BCUT2D eigenvalue weighted by atomic mass is 32.1. The number of anilines is 1. The highest BCUT2D eigenvalue weighted by molar-refractivity contribution is 7.80. The van der Waals surface area contributed by atoms with Gasteiger partial charge in [-0.05, 0) is 73.7 Å². The molecular formula is C21H17N3O4S. The topological polar surface area (TPSA) is 89.5 Å². The van der Waals surface area contributed by atoms with Crippen molar-refractivity contribution in [1.29, 1.82) is 0 Å². The summed E-state index contributed by atoms with van der Waals surface area (Å²) >= 11 is 5.18. The number of rotatable bonds is 5. The molecule has 146 valence electrons. The van der Waals surface area contributed by atoms with Crippen molar-refractivity contribution >= 4 is 40.0 Å². The van der Waals surface area contributed by atoms with E-state index in [1.807, 2.05) is 31.2 Å². The van der Waals surface area contributed by atoms with Crippen LogP contribution in [0, 0.1) is 0 Å². The molecule has 0 aliphatic carbocycles. The Morgan fingerprint density at radius 1 is 1.17 bits per heavy atom. The van der Waals surface area contributed by atoms with E-state index < -0.39 is 5.91 Å². The van der Waals surface area contributed by atoms with E-state index in [2.05, 4.69) is 15.6 Å². The predicted octanol–water partition coefficient (Wildman–Crippen LogP) is 4.61. The Labute approximate surface area is 171 Å². The number of fused-ring (bicyclic) bond motifs is 1. The third-order valence-corrected chi connectivity index (χ3v) is 4.23. The Kier molecular flexibility index (Phi) is 5.26. The molecule has 0 saturated heterocycles. The summed E-state index contributed by atoms with van der Waals surface area (Å²) in [5.41, 5.74) is 2.83. The fraction of sp³-hybridized carbons (Fsp3) is 0.0952. The standard InChI is InChI=1S/C21H17N3O4S/c1-2-26-15-8-5-13(6-9-15)20-23-16-12-14(7-10-17(16)28-20)22-21(29)24-19(25)18-4-3-11-27-18/h3-12H,2H2,1H3,(H2,22,24,25,29). The minimum atomic E-state index is -0.423. The molecule has 0 unspecified atom stereocenters. The van der Waals surface area contributed by atoms with Gasteiger partial charge in [-0.15, -0.1) is 0 Å². The molecule has 7 nitrogen and oxygen atoms in total. The lowest BCUT2D eigenvalue weighted by Gasteiger charge is -2.08. The number of carbonyl (C=O) groups excluding carboxylic acids is 1. The summed E-state index contributed by atoms with van der Waals surface area (Å²) in [6, 6.07) is 16.1. The van der Waals surface area contributed by atoms with Gasteiger partial charge in [-0.3, -0.25) is 10.1 Å². The molecule has 8 heteroatoms. The molecule has 2 aromatic carbocycles. The smallest absolute Gasteiger partial charge is 0.293 e. The van der Waals surface area contributed by atoms with Gasteiger partial charge in [-0.2, -0.15) is 0 Å². The summed E-state index contributed by atoms with van der Waals surface area (Å²) in [4.78, 5) is 16.5. The van der Waals surface area contributed by atoms with Crippen molar-refractivity contribution in [3.63, 3.8) is 0 Å². The van der Waals surface area contributed by atoms with E-state index in [0.29, 0.717) is 29.3 Å². The molecule has 1 amide bonds. The van der Waals surface area contributed by atoms with E-state index in [4.69, 9.17) is 25.8 Å². The molecule has 0 spiro atoms. The van der Waals surface area contributed by atoms with E-state index in [1.165, 1.54) is 6.26 Å². The highest BCUT2D eigenvalue weighted by Gasteiger charge is 2.12. The highest BCUT2D eigenvalue weighted by Crippen LogP contribution is 2.27. The summed E-state index contributed by atoms with van der Waals surface area (Å²) in [5.74, 6) is 1.06. The minimum absolute atomic E-state index is 0.154. The Morgan fingerprint density at radius 2 is 2.00 bits per heavy atom. The third-order valence-electron chi connectivity index (χ3n) is 4.03. The second-order valence-electron chi connectivity index (χ2n) is 6.04. The van der Waals surface area contributed by atoms with Crippen molar-refractivity contribution < 1.29 is 18.4 Å². The monoisotopic (exact) mass is 407 g/mol. The molecule has 4 aromatic rings. The van der Waals surface area contributed by atoms with Crippen molar-refractivity contribution in [2.75, 3.05) is 11.9 Å². The Balaban J connectivity index is 1.48. The molecule has 0 saturated carbocycles. The Morgan fingerprint density at radius 3 is 2.72 bits per heavy atom. The van der Waals surface area contributed by atoms with Crippen LogP contribution >= 0.6 is 12.2 Å². The number of ether oxygens (including phenoxy) is 1. The lowest BCUT2D eigenvalue weighted by molar-refractivity contribution is 0.0950. The molecule has 0 radical (unpaired) electrons. The zero-order valence-electron chi connectivity index (χ0n) is 15.5.